The summed E-state index contributed by atoms with van der Waals surface area (Å²) in [5.74, 6) is 0. The maximum absolute atomic E-state index is 11.1. The molecule has 0 saturated carbocycles. The number of alkyl halides is 1. The Morgan fingerprint density at radius 2 is 1.88 bits per heavy atom. The van der Waals surface area contributed by atoms with Crippen LogP contribution in [0, 0.1) is 4.91 Å². The van der Waals surface area contributed by atoms with Crippen LogP contribution in [0.15, 0.2) is 24.3 Å². The highest BCUT2D eigenvalue weighted by Crippen LogP contribution is 2.18. The first-order valence-corrected chi connectivity index (χ1v) is 5.72. The van der Waals surface area contributed by atoms with Crippen LogP contribution < -0.4 is 5.48 Å². The zero-order chi connectivity index (χ0) is 12.8. The normalized spacial score (nSPS) is 12.5. The average molecular weight is 261 g/mol. The lowest BCUT2D eigenvalue weighted by atomic mass is 10.2. The minimum absolute atomic E-state index is 0.0983. The molecule has 0 heterocycles. The van der Waals surface area contributed by atoms with E-state index < -0.39 is 0 Å². The fourth-order valence-corrected chi connectivity index (χ4v) is 1.39. The first kappa shape index (κ1) is 13.9. The second kappa shape index (κ2) is 6.54. The second-order valence-corrected chi connectivity index (χ2v) is 4.22. The molecule has 0 aliphatic heterocycles. The summed E-state index contributed by atoms with van der Waals surface area (Å²) in [6, 6.07) is 6.81. The van der Waals surface area contributed by atoms with Crippen molar-refractivity contribution in [3.63, 3.8) is 0 Å². The van der Waals surface area contributed by atoms with Gasteiger partial charge in [-0.05, 0) is 37.6 Å². The minimum atomic E-state index is -0.339. The fraction of sp³-hybridized carbons (Fsp3) is 0.455. The van der Waals surface area contributed by atoms with Crippen molar-refractivity contribution >= 4 is 17.3 Å². The lowest BCUT2D eigenvalue weighted by Gasteiger charge is -2.09. The van der Waals surface area contributed by atoms with Crippen LogP contribution in [0.3, 0.4) is 0 Å². The molecule has 0 unspecified atom stereocenters. The van der Waals surface area contributed by atoms with Crippen molar-refractivity contribution in [3.8, 4) is 0 Å². The largest absolute Gasteiger partial charge is 0.316 e. The third-order valence-electron chi connectivity index (χ3n) is 2.06. The van der Waals surface area contributed by atoms with Gasteiger partial charge in [0.1, 0.15) is 6.10 Å². The third-order valence-corrected chi connectivity index (χ3v) is 2.41. The van der Waals surface area contributed by atoms with E-state index in [0.29, 0.717) is 10.6 Å². The lowest BCUT2D eigenvalue weighted by molar-refractivity contribution is -0.918. The molecule has 0 amide bonds. The zero-order valence-corrected chi connectivity index (χ0v) is 10.8. The van der Waals surface area contributed by atoms with Crippen molar-refractivity contribution in [3.05, 3.63) is 34.7 Å². The molecule has 0 radical (unpaired) electrons. The lowest BCUT2D eigenvalue weighted by Crippen LogP contribution is -2.83. The average Bonchev–Trinajstić information content (AvgIpc) is 2.35. The summed E-state index contributed by atoms with van der Waals surface area (Å²) in [4.78, 5) is 21.4. The van der Waals surface area contributed by atoms with E-state index in [1.165, 1.54) is 7.11 Å². The van der Waals surface area contributed by atoms with E-state index in [1.54, 1.807) is 29.7 Å². The molecule has 1 rings (SSSR count). The van der Waals surface area contributed by atoms with Crippen LogP contribution in [0.4, 0.5) is 5.69 Å². The van der Waals surface area contributed by atoms with Gasteiger partial charge < -0.3 is 0 Å². The van der Waals surface area contributed by atoms with Crippen molar-refractivity contribution in [1.29, 1.82) is 0 Å². The number of halogens is 1. The van der Waals surface area contributed by atoms with Gasteiger partial charge in [-0.15, -0.1) is 0 Å². The second-order valence-electron chi connectivity index (χ2n) is 3.75. The van der Waals surface area contributed by atoms with Gasteiger partial charge >= 0.3 is 5.69 Å². The fourth-order valence-electron chi connectivity index (χ4n) is 1.19. The third kappa shape index (κ3) is 4.30. The van der Waals surface area contributed by atoms with Crippen LogP contribution >= 0.6 is 11.6 Å². The van der Waals surface area contributed by atoms with E-state index in [0.717, 1.165) is 5.56 Å². The van der Waals surface area contributed by atoms with Gasteiger partial charge in [0.25, 0.3) is 4.92 Å². The molecule has 1 aromatic carbocycles. The Balaban J connectivity index is 2.63. The van der Waals surface area contributed by atoms with Crippen LogP contribution in [0.25, 0.3) is 0 Å². The highest BCUT2D eigenvalue weighted by molar-refractivity contribution is 6.19. The Hall–Kier alpha value is -1.17. The summed E-state index contributed by atoms with van der Waals surface area (Å²) < 4.78 is 0. The van der Waals surface area contributed by atoms with Crippen molar-refractivity contribution in [2.75, 3.05) is 7.11 Å². The molecule has 1 atom stereocenters. The van der Waals surface area contributed by atoms with Crippen molar-refractivity contribution in [2.45, 2.75) is 25.5 Å². The Morgan fingerprint density at radius 1 is 1.29 bits per heavy atom. The number of quaternary nitrogens is 1. The molecule has 0 spiro atoms. The van der Waals surface area contributed by atoms with E-state index in [4.69, 9.17) is 16.4 Å². The molecule has 0 aliphatic rings. The first-order valence-electron chi connectivity index (χ1n) is 5.28. The summed E-state index contributed by atoms with van der Waals surface area (Å²) in [6.45, 7) is 3.86. The Morgan fingerprint density at radius 3 is 2.35 bits per heavy atom. The van der Waals surface area contributed by atoms with Gasteiger partial charge in [0.15, 0.2) is 7.11 Å². The molecule has 0 aliphatic carbocycles. The molecule has 17 heavy (non-hydrogen) atoms. The highest BCUT2D eigenvalue weighted by Gasteiger charge is 2.17. The number of benzene rings is 1. The molecule has 1 aromatic rings. The molecule has 94 valence electrons. The van der Waals surface area contributed by atoms with Crippen molar-refractivity contribution in [2.24, 2.45) is 0 Å². The summed E-state index contributed by atoms with van der Waals surface area (Å²) in [7, 11) is 1.31. The van der Waals surface area contributed by atoms with Crippen molar-refractivity contribution < 1.29 is 20.1 Å². The van der Waals surface area contributed by atoms with E-state index in [2.05, 4.69) is 4.84 Å². The predicted molar refractivity (Wildman–Crippen MR) is 63.5 cm³/mol. The Labute approximate surface area is 105 Å². The van der Waals surface area contributed by atoms with Gasteiger partial charge in [-0.3, -0.25) is 0 Å². The number of rotatable bonds is 6. The van der Waals surface area contributed by atoms with Gasteiger partial charge in [0.05, 0.1) is 4.91 Å². The van der Waals surface area contributed by atoms with Gasteiger partial charge in [-0.1, -0.05) is 0 Å². The smallest absolute Gasteiger partial charge is 0.230 e. The molecule has 5 nitrogen and oxygen atoms in total. The summed E-state index contributed by atoms with van der Waals surface area (Å²) >= 11 is 6.11. The SMILES string of the molecule is CO[N+](=O)c1ccc([C@H](Cl)[NH2+]OC(C)C)cc1. The topological polar surface area (TPSA) is 55.2 Å². The predicted octanol–water partition coefficient (Wildman–Crippen LogP) is 1.80. The quantitative estimate of drug-likeness (QED) is 0.482. The maximum atomic E-state index is 11.1. The Kier molecular flexibility index (Phi) is 5.34. The molecule has 2 N–H and O–H groups in total. The number of hydrogen-bond acceptors (Lipinski definition) is 3. The Bertz CT molecular complexity index is 367. The monoisotopic (exact) mass is 260 g/mol. The van der Waals surface area contributed by atoms with Crippen LogP contribution in [-0.4, -0.2) is 18.1 Å². The molecule has 0 aromatic heterocycles. The number of nitrogens with zero attached hydrogens (tertiary/aromatic N) is 1. The molecule has 6 heteroatoms. The molecule has 0 bridgehead atoms. The number of nitrogens with two attached hydrogens (primary N) is 1. The summed E-state index contributed by atoms with van der Waals surface area (Å²) in [5.41, 5.74) is 2.52. The van der Waals surface area contributed by atoms with Crippen LogP contribution in [0.5, 0.6) is 0 Å². The molecule has 0 fully saturated rings. The standard InChI is InChI=1S/C11H16ClN2O3/c1-8(2)17-13-11(12)9-4-6-10(7-5-9)14(15)16-3/h4-8,11,13H,1-3H3/q+1/p+1/t11-/m1/s1. The summed E-state index contributed by atoms with van der Waals surface area (Å²) in [5, 5.41) is 0. The zero-order valence-electron chi connectivity index (χ0n) is 10.1. The van der Waals surface area contributed by atoms with Gasteiger partial charge in [-0.2, -0.15) is 5.48 Å². The van der Waals surface area contributed by atoms with Crippen LogP contribution in [-0.2, 0) is 9.68 Å². The van der Waals surface area contributed by atoms with E-state index in [9.17, 15) is 4.91 Å². The number of hydrogen-bond donors (Lipinski definition) is 1. The van der Waals surface area contributed by atoms with Gasteiger partial charge in [0.2, 0.25) is 5.50 Å². The van der Waals surface area contributed by atoms with Gasteiger partial charge in [0, 0.05) is 17.7 Å². The summed E-state index contributed by atoms with van der Waals surface area (Å²) in [6.07, 6.45) is 0.0983. The highest BCUT2D eigenvalue weighted by atomic mass is 35.5. The molecular weight excluding hydrogens is 244 g/mol. The van der Waals surface area contributed by atoms with Gasteiger partial charge in [-0.25, -0.2) is 9.68 Å². The van der Waals surface area contributed by atoms with Crippen LogP contribution in [0.1, 0.15) is 24.9 Å². The minimum Gasteiger partial charge on any atom is -0.230 e. The number of hydroxylamine groups is 1. The van der Waals surface area contributed by atoms with E-state index in [1.807, 2.05) is 13.8 Å². The first-order chi connectivity index (χ1) is 8.04. The van der Waals surface area contributed by atoms with Crippen molar-refractivity contribution in [1.82, 2.24) is 0 Å². The van der Waals surface area contributed by atoms with E-state index in [-0.39, 0.29) is 11.6 Å². The van der Waals surface area contributed by atoms with E-state index >= 15 is 0 Å². The maximum Gasteiger partial charge on any atom is 0.316 e. The van der Waals surface area contributed by atoms with Crippen LogP contribution in [0.2, 0.25) is 0 Å². The molecule has 0 saturated heterocycles. The molecular formula is C11H17ClN2O3+2.